The molecular weight excluding hydrogens is 214 g/mol. The second-order valence-corrected chi connectivity index (χ2v) is 5.42. The third-order valence-electron chi connectivity index (χ3n) is 2.39. The fourth-order valence-electron chi connectivity index (χ4n) is 1.34. The molecular formula is C13H21N3O. The number of nitrogens with two attached hydrogens (primary N) is 1. The molecule has 94 valence electrons. The van der Waals surface area contributed by atoms with Crippen LogP contribution in [0.15, 0.2) is 18.3 Å². The van der Waals surface area contributed by atoms with Gasteiger partial charge in [0.25, 0.3) is 0 Å². The zero-order valence-electron chi connectivity index (χ0n) is 10.8. The Morgan fingerprint density at radius 2 is 2.12 bits per heavy atom. The van der Waals surface area contributed by atoms with Gasteiger partial charge in [-0.15, -0.1) is 0 Å². The second kappa shape index (κ2) is 5.66. The number of rotatable bonds is 4. The molecule has 0 aliphatic rings. The summed E-state index contributed by atoms with van der Waals surface area (Å²) >= 11 is 0. The predicted octanol–water partition coefficient (Wildman–Crippen LogP) is 1.76. The quantitative estimate of drug-likeness (QED) is 0.835. The summed E-state index contributed by atoms with van der Waals surface area (Å²) in [7, 11) is 0. The number of hydrogen-bond donors (Lipinski definition) is 2. The lowest BCUT2D eigenvalue weighted by molar-refractivity contribution is -0.120. The van der Waals surface area contributed by atoms with Gasteiger partial charge in [-0.3, -0.25) is 9.78 Å². The Morgan fingerprint density at radius 1 is 1.41 bits per heavy atom. The van der Waals surface area contributed by atoms with Crippen molar-refractivity contribution in [2.45, 2.75) is 33.6 Å². The first-order chi connectivity index (χ1) is 7.87. The molecule has 1 heterocycles. The lowest BCUT2D eigenvalue weighted by Gasteiger charge is -2.17. The summed E-state index contributed by atoms with van der Waals surface area (Å²) in [4.78, 5) is 15.7. The Hall–Kier alpha value is -1.58. The minimum atomic E-state index is 0.00604. The largest absolute Gasteiger partial charge is 0.397 e. The first-order valence-corrected chi connectivity index (χ1v) is 5.84. The van der Waals surface area contributed by atoms with E-state index in [4.69, 9.17) is 5.73 Å². The Balaban J connectivity index is 2.32. The Bertz CT molecular complexity index is 365. The highest BCUT2D eigenvalue weighted by atomic mass is 16.1. The third kappa shape index (κ3) is 5.90. The van der Waals surface area contributed by atoms with Gasteiger partial charge in [-0.1, -0.05) is 20.8 Å². The summed E-state index contributed by atoms with van der Waals surface area (Å²) in [6, 6.07) is 3.53. The van der Waals surface area contributed by atoms with Crippen LogP contribution < -0.4 is 11.1 Å². The van der Waals surface area contributed by atoms with E-state index < -0.39 is 0 Å². The van der Waals surface area contributed by atoms with Crippen LogP contribution in [0.3, 0.4) is 0 Å². The maximum Gasteiger partial charge on any atom is 0.226 e. The monoisotopic (exact) mass is 235 g/mol. The topological polar surface area (TPSA) is 68.0 Å². The molecule has 3 N–H and O–H groups in total. The fraction of sp³-hybridized carbons (Fsp3) is 0.538. The van der Waals surface area contributed by atoms with E-state index in [0.29, 0.717) is 18.7 Å². The molecule has 4 nitrogen and oxygen atoms in total. The lowest BCUT2D eigenvalue weighted by atomic mass is 9.92. The van der Waals surface area contributed by atoms with Crippen molar-refractivity contribution in [3.8, 4) is 0 Å². The smallest absolute Gasteiger partial charge is 0.226 e. The highest BCUT2D eigenvalue weighted by Gasteiger charge is 2.10. The molecule has 1 amide bonds. The van der Waals surface area contributed by atoms with Crippen molar-refractivity contribution in [1.82, 2.24) is 10.3 Å². The van der Waals surface area contributed by atoms with Crippen molar-refractivity contribution < 1.29 is 4.79 Å². The average molecular weight is 235 g/mol. The van der Waals surface area contributed by atoms with Gasteiger partial charge in [0.05, 0.1) is 18.3 Å². The summed E-state index contributed by atoms with van der Waals surface area (Å²) in [5, 5.41) is 2.89. The molecule has 1 rings (SSSR count). The summed E-state index contributed by atoms with van der Waals surface area (Å²) in [5.74, 6) is 0.00604. The van der Waals surface area contributed by atoms with Crippen molar-refractivity contribution in [1.29, 1.82) is 0 Å². The first kappa shape index (κ1) is 13.5. The predicted molar refractivity (Wildman–Crippen MR) is 69.4 cm³/mol. The highest BCUT2D eigenvalue weighted by molar-refractivity contribution is 5.78. The van der Waals surface area contributed by atoms with Crippen molar-refractivity contribution in [2.75, 3.05) is 12.3 Å². The Labute approximate surface area is 103 Å². The van der Waals surface area contributed by atoms with Gasteiger partial charge >= 0.3 is 0 Å². The van der Waals surface area contributed by atoms with Crippen LogP contribution in [0.1, 0.15) is 32.9 Å². The maximum absolute atomic E-state index is 11.6. The molecule has 0 saturated carbocycles. The van der Waals surface area contributed by atoms with Crippen LogP contribution in [-0.2, 0) is 11.2 Å². The van der Waals surface area contributed by atoms with Crippen LogP contribution in [0.25, 0.3) is 0 Å². The van der Waals surface area contributed by atoms with E-state index in [-0.39, 0.29) is 11.3 Å². The molecule has 17 heavy (non-hydrogen) atoms. The third-order valence-corrected chi connectivity index (χ3v) is 2.39. The van der Waals surface area contributed by atoms with E-state index in [1.54, 1.807) is 18.3 Å². The van der Waals surface area contributed by atoms with E-state index in [2.05, 4.69) is 31.1 Å². The highest BCUT2D eigenvalue weighted by Crippen LogP contribution is 2.16. The molecule has 0 atom stereocenters. The van der Waals surface area contributed by atoms with E-state index in [1.807, 2.05) is 0 Å². The molecule has 4 heteroatoms. The summed E-state index contributed by atoms with van der Waals surface area (Å²) in [6.07, 6.45) is 2.84. The number of pyridine rings is 1. The molecule has 0 fully saturated rings. The number of hydrogen-bond acceptors (Lipinski definition) is 3. The minimum absolute atomic E-state index is 0.00604. The van der Waals surface area contributed by atoms with E-state index >= 15 is 0 Å². The van der Waals surface area contributed by atoms with Gasteiger partial charge in [-0.2, -0.15) is 0 Å². The van der Waals surface area contributed by atoms with Gasteiger partial charge in [-0.05, 0) is 24.0 Å². The van der Waals surface area contributed by atoms with Gasteiger partial charge in [0.2, 0.25) is 5.91 Å². The number of nitrogen functional groups attached to an aromatic ring is 1. The second-order valence-electron chi connectivity index (χ2n) is 5.42. The summed E-state index contributed by atoms with van der Waals surface area (Å²) < 4.78 is 0. The summed E-state index contributed by atoms with van der Waals surface area (Å²) in [5.41, 5.74) is 7.12. The van der Waals surface area contributed by atoms with Crippen LogP contribution in [0, 0.1) is 5.41 Å². The number of amides is 1. The van der Waals surface area contributed by atoms with Crippen molar-refractivity contribution in [2.24, 2.45) is 5.41 Å². The average Bonchev–Trinajstić information content (AvgIpc) is 2.19. The number of carbonyl (C=O) groups excluding carboxylic acids is 1. The number of anilines is 1. The van der Waals surface area contributed by atoms with Crippen LogP contribution in [0.2, 0.25) is 0 Å². The van der Waals surface area contributed by atoms with Gasteiger partial charge in [0.15, 0.2) is 0 Å². The van der Waals surface area contributed by atoms with E-state index in [1.165, 1.54) is 0 Å². The zero-order chi connectivity index (χ0) is 12.9. The number of nitrogens with zero attached hydrogens (tertiary/aromatic N) is 1. The lowest BCUT2D eigenvalue weighted by Crippen LogP contribution is -2.28. The van der Waals surface area contributed by atoms with Crippen LogP contribution >= 0.6 is 0 Å². The fourth-order valence-corrected chi connectivity index (χ4v) is 1.34. The molecule has 0 spiro atoms. The number of carbonyl (C=O) groups is 1. The van der Waals surface area contributed by atoms with Crippen LogP contribution in [0.5, 0.6) is 0 Å². The maximum atomic E-state index is 11.6. The van der Waals surface area contributed by atoms with Crippen molar-refractivity contribution in [3.05, 3.63) is 24.0 Å². The standard InChI is InChI=1S/C13H21N3O/c1-13(2,3)6-7-15-12(17)8-11-5-4-10(14)9-16-11/h4-5,9H,6-8,14H2,1-3H3,(H,15,17). The molecule has 0 aromatic carbocycles. The van der Waals surface area contributed by atoms with Crippen LogP contribution in [0.4, 0.5) is 5.69 Å². The molecule has 0 radical (unpaired) electrons. The van der Waals surface area contributed by atoms with Gasteiger partial charge in [0, 0.05) is 12.2 Å². The minimum Gasteiger partial charge on any atom is -0.397 e. The first-order valence-electron chi connectivity index (χ1n) is 5.84. The van der Waals surface area contributed by atoms with Gasteiger partial charge in [-0.25, -0.2) is 0 Å². The number of nitrogens with one attached hydrogen (secondary N) is 1. The van der Waals surface area contributed by atoms with Crippen molar-refractivity contribution >= 4 is 11.6 Å². The van der Waals surface area contributed by atoms with Gasteiger partial charge in [0.1, 0.15) is 0 Å². The Kier molecular flexibility index (Phi) is 4.49. The summed E-state index contributed by atoms with van der Waals surface area (Å²) in [6.45, 7) is 7.17. The SMILES string of the molecule is CC(C)(C)CCNC(=O)Cc1ccc(N)cn1. The molecule has 0 aliphatic heterocycles. The molecule has 0 bridgehead atoms. The molecule has 1 aromatic heterocycles. The van der Waals surface area contributed by atoms with E-state index in [0.717, 1.165) is 12.1 Å². The van der Waals surface area contributed by atoms with Crippen molar-refractivity contribution in [3.63, 3.8) is 0 Å². The molecule has 0 aliphatic carbocycles. The van der Waals surface area contributed by atoms with Gasteiger partial charge < -0.3 is 11.1 Å². The molecule has 0 unspecified atom stereocenters. The van der Waals surface area contributed by atoms with Crippen LogP contribution in [-0.4, -0.2) is 17.4 Å². The molecule has 1 aromatic rings. The molecule has 0 saturated heterocycles. The Morgan fingerprint density at radius 3 is 2.65 bits per heavy atom. The zero-order valence-corrected chi connectivity index (χ0v) is 10.8. The number of aromatic nitrogens is 1. The normalized spacial score (nSPS) is 11.2. The van der Waals surface area contributed by atoms with E-state index in [9.17, 15) is 4.79 Å².